The average molecular weight is 247 g/mol. The molecule has 1 heterocycles. The number of benzene rings is 1. The van der Waals surface area contributed by atoms with Crippen molar-refractivity contribution < 1.29 is 9.13 Å². The van der Waals surface area contributed by atoms with Crippen molar-refractivity contribution in [3.05, 3.63) is 52.6 Å². The summed E-state index contributed by atoms with van der Waals surface area (Å²) in [5, 5.41) is 0. The number of rotatable bonds is 3. The van der Waals surface area contributed by atoms with Crippen LogP contribution in [0.5, 0.6) is 5.75 Å². The fourth-order valence-corrected chi connectivity index (χ4v) is 2.10. The van der Waals surface area contributed by atoms with Crippen LogP contribution in [0.2, 0.25) is 0 Å². The number of hydrogen-bond acceptors (Lipinski definition) is 1. The molecule has 0 saturated heterocycles. The summed E-state index contributed by atoms with van der Waals surface area (Å²) < 4.78 is 20.7. The Morgan fingerprint density at radius 3 is 2.44 bits per heavy atom. The smallest absolute Gasteiger partial charge is 0.165 e. The molecule has 0 aliphatic carbocycles. The fourth-order valence-electron chi connectivity index (χ4n) is 2.10. The molecule has 2 rings (SSSR count). The summed E-state index contributed by atoms with van der Waals surface area (Å²) >= 11 is 0. The summed E-state index contributed by atoms with van der Waals surface area (Å²) in [6.07, 6.45) is 2.10. The molecule has 0 saturated carbocycles. The van der Waals surface area contributed by atoms with Crippen LogP contribution < -0.4 is 4.74 Å². The maximum absolute atomic E-state index is 13.6. The van der Waals surface area contributed by atoms with Gasteiger partial charge in [0.05, 0.1) is 7.11 Å². The van der Waals surface area contributed by atoms with Crippen molar-refractivity contribution in [3.8, 4) is 5.75 Å². The van der Waals surface area contributed by atoms with Crippen LogP contribution in [-0.2, 0) is 6.54 Å². The molecule has 3 heteroatoms. The molecule has 2 aromatic rings. The normalized spacial score (nSPS) is 10.7. The van der Waals surface area contributed by atoms with Gasteiger partial charge in [-0.1, -0.05) is 6.07 Å². The number of ether oxygens (including phenoxy) is 1. The zero-order chi connectivity index (χ0) is 13.3. The highest BCUT2D eigenvalue weighted by Crippen LogP contribution is 2.20. The number of nitrogens with zero attached hydrogens (tertiary/aromatic N) is 1. The molecule has 0 bridgehead atoms. The van der Waals surface area contributed by atoms with Crippen molar-refractivity contribution in [1.29, 1.82) is 0 Å². The lowest BCUT2D eigenvalue weighted by Crippen LogP contribution is -2.01. The molecule has 1 aromatic heterocycles. The molecule has 0 fully saturated rings. The van der Waals surface area contributed by atoms with E-state index in [4.69, 9.17) is 4.74 Å². The first kappa shape index (κ1) is 12.7. The van der Waals surface area contributed by atoms with Crippen molar-refractivity contribution in [3.63, 3.8) is 0 Å². The van der Waals surface area contributed by atoms with Crippen LogP contribution in [0.4, 0.5) is 4.39 Å². The summed E-state index contributed by atoms with van der Waals surface area (Å²) in [4.78, 5) is 0. The molecule has 18 heavy (non-hydrogen) atoms. The summed E-state index contributed by atoms with van der Waals surface area (Å²) in [7, 11) is 1.47. The second kappa shape index (κ2) is 4.84. The number of hydrogen-bond donors (Lipinski definition) is 0. The van der Waals surface area contributed by atoms with E-state index in [-0.39, 0.29) is 11.6 Å². The Labute approximate surface area is 107 Å². The van der Waals surface area contributed by atoms with E-state index in [1.165, 1.54) is 30.0 Å². The van der Waals surface area contributed by atoms with Gasteiger partial charge >= 0.3 is 0 Å². The lowest BCUT2D eigenvalue weighted by atomic mass is 10.2. The maximum atomic E-state index is 13.6. The highest BCUT2D eigenvalue weighted by molar-refractivity contribution is 5.32. The number of aryl methyl sites for hydroxylation is 1. The van der Waals surface area contributed by atoms with Crippen LogP contribution in [0.1, 0.15) is 22.4 Å². The molecule has 0 unspecified atom stereocenters. The van der Waals surface area contributed by atoms with Gasteiger partial charge in [0, 0.05) is 18.4 Å². The van der Waals surface area contributed by atoms with Crippen LogP contribution in [0.15, 0.2) is 24.4 Å². The Balaban J connectivity index is 2.28. The van der Waals surface area contributed by atoms with E-state index in [9.17, 15) is 4.39 Å². The Morgan fingerprint density at radius 2 is 1.94 bits per heavy atom. The number of aromatic nitrogens is 1. The minimum atomic E-state index is -0.312. The predicted molar refractivity (Wildman–Crippen MR) is 70.7 cm³/mol. The van der Waals surface area contributed by atoms with Gasteiger partial charge in [-0.25, -0.2) is 4.39 Å². The molecule has 0 N–H and O–H groups in total. The van der Waals surface area contributed by atoms with Gasteiger partial charge in [-0.05, 0) is 49.6 Å². The molecule has 0 atom stereocenters. The zero-order valence-electron chi connectivity index (χ0n) is 11.2. The first-order chi connectivity index (χ1) is 8.52. The number of methoxy groups -OCH3 is 1. The van der Waals surface area contributed by atoms with E-state index in [2.05, 4.69) is 31.5 Å². The largest absolute Gasteiger partial charge is 0.494 e. The van der Waals surface area contributed by atoms with Gasteiger partial charge in [0.25, 0.3) is 0 Å². The van der Waals surface area contributed by atoms with E-state index in [0.717, 1.165) is 5.56 Å². The van der Waals surface area contributed by atoms with E-state index in [0.29, 0.717) is 6.54 Å². The van der Waals surface area contributed by atoms with Gasteiger partial charge in [-0.15, -0.1) is 0 Å². The monoisotopic (exact) mass is 247 g/mol. The Kier molecular flexibility index (Phi) is 3.41. The summed E-state index contributed by atoms with van der Waals surface area (Å²) in [6, 6.07) is 5.10. The topological polar surface area (TPSA) is 14.2 Å². The van der Waals surface area contributed by atoms with Crippen molar-refractivity contribution in [1.82, 2.24) is 4.57 Å². The predicted octanol–water partition coefficient (Wildman–Crippen LogP) is 3.61. The molecule has 0 amide bonds. The highest BCUT2D eigenvalue weighted by atomic mass is 19.1. The van der Waals surface area contributed by atoms with Gasteiger partial charge in [0.2, 0.25) is 0 Å². The molecule has 0 aliphatic rings. The molecule has 2 nitrogen and oxygen atoms in total. The van der Waals surface area contributed by atoms with Crippen molar-refractivity contribution in [2.75, 3.05) is 7.11 Å². The molecular weight excluding hydrogens is 229 g/mol. The standard InChI is InChI=1S/C15H18FNO/c1-10-8-17(12(3)11(10)2)9-13-5-6-15(18-4)14(16)7-13/h5-8H,9H2,1-4H3. The minimum Gasteiger partial charge on any atom is -0.494 e. The van der Waals surface area contributed by atoms with E-state index in [1.54, 1.807) is 6.07 Å². The van der Waals surface area contributed by atoms with Crippen molar-refractivity contribution in [2.24, 2.45) is 0 Å². The number of halogens is 1. The average Bonchev–Trinajstić information content (AvgIpc) is 2.57. The summed E-state index contributed by atoms with van der Waals surface area (Å²) in [5.41, 5.74) is 4.72. The molecule has 0 aliphatic heterocycles. The van der Waals surface area contributed by atoms with Crippen LogP contribution in [0, 0.1) is 26.6 Å². The highest BCUT2D eigenvalue weighted by Gasteiger charge is 2.08. The Morgan fingerprint density at radius 1 is 1.22 bits per heavy atom. The van der Waals surface area contributed by atoms with Crippen LogP contribution in [0.25, 0.3) is 0 Å². The third kappa shape index (κ3) is 2.26. The van der Waals surface area contributed by atoms with Gasteiger partial charge in [-0.3, -0.25) is 0 Å². The van der Waals surface area contributed by atoms with Crippen molar-refractivity contribution >= 4 is 0 Å². The summed E-state index contributed by atoms with van der Waals surface area (Å²) in [5.74, 6) is -0.0245. The van der Waals surface area contributed by atoms with E-state index < -0.39 is 0 Å². The third-order valence-electron chi connectivity index (χ3n) is 3.48. The lowest BCUT2D eigenvalue weighted by Gasteiger charge is -2.08. The zero-order valence-corrected chi connectivity index (χ0v) is 11.2. The van der Waals surface area contributed by atoms with Crippen LogP contribution in [0.3, 0.4) is 0 Å². The Hall–Kier alpha value is -1.77. The fraction of sp³-hybridized carbons (Fsp3) is 0.333. The van der Waals surface area contributed by atoms with Crippen molar-refractivity contribution in [2.45, 2.75) is 27.3 Å². The van der Waals surface area contributed by atoms with Gasteiger partial charge in [0.1, 0.15) is 0 Å². The molecule has 0 radical (unpaired) electrons. The first-order valence-electron chi connectivity index (χ1n) is 5.98. The second-order valence-electron chi connectivity index (χ2n) is 4.62. The molecular formula is C15H18FNO. The van der Waals surface area contributed by atoms with Gasteiger partial charge in [0.15, 0.2) is 11.6 Å². The SMILES string of the molecule is COc1ccc(Cn2cc(C)c(C)c2C)cc1F. The molecule has 0 spiro atoms. The third-order valence-corrected chi connectivity index (χ3v) is 3.48. The molecule has 1 aromatic carbocycles. The maximum Gasteiger partial charge on any atom is 0.165 e. The van der Waals surface area contributed by atoms with Crippen LogP contribution in [-0.4, -0.2) is 11.7 Å². The van der Waals surface area contributed by atoms with Gasteiger partial charge < -0.3 is 9.30 Å². The molecule has 96 valence electrons. The lowest BCUT2D eigenvalue weighted by molar-refractivity contribution is 0.386. The minimum absolute atomic E-state index is 0.287. The second-order valence-corrected chi connectivity index (χ2v) is 4.62. The van der Waals surface area contributed by atoms with Gasteiger partial charge in [-0.2, -0.15) is 0 Å². The summed E-state index contributed by atoms with van der Waals surface area (Å²) in [6.45, 7) is 6.97. The Bertz CT molecular complexity index is 572. The van der Waals surface area contributed by atoms with Crippen LogP contribution >= 0.6 is 0 Å². The first-order valence-corrected chi connectivity index (χ1v) is 5.98. The van der Waals surface area contributed by atoms with E-state index >= 15 is 0 Å². The van der Waals surface area contributed by atoms with E-state index in [1.807, 2.05) is 6.07 Å². The quantitative estimate of drug-likeness (QED) is 0.808.